The number of carbonyl (C=O) groups excluding carboxylic acids is 1. The maximum absolute atomic E-state index is 12.5. The number of halogens is 3. The van der Waals surface area contributed by atoms with Crippen LogP contribution in [0.1, 0.15) is 25.8 Å². The number of carbonyl (C=O) groups is 1. The van der Waals surface area contributed by atoms with E-state index in [0.717, 1.165) is 23.9 Å². The molecule has 0 aliphatic heterocycles. The molecule has 0 amide bonds. The summed E-state index contributed by atoms with van der Waals surface area (Å²) in [5.74, 6) is -0.390. The molecular formula is C13H16F3NO2S. The molecule has 0 aliphatic carbocycles. The average molecular weight is 307 g/mol. The Bertz CT molecular complexity index is 477. The van der Waals surface area contributed by atoms with Gasteiger partial charge in [0.15, 0.2) is 0 Å². The van der Waals surface area contributed by atoms with Gasteiger partial charge < -0.3 is 10.5 Å². The van der Waals surface area contributed by atoms with Crippen LogP contribution in [0.5, 0.6) is 0 Å². The number of rotatable bonds is 5. The number of alkyl halides is 3. The summed E-state index contributed by atoms with van der Waals surface area (Å²) in [5, 5.41) is -0.478. The minimum Gasteiger partial charge on any atom is -0.465 e. The van der Waals surface area contributed by atoms with E-state index in [0.29, 0.717) is 11.3 Å². The third-order valence-electron chi connectivity index (χ3n) is 2.53. The molecule has 0 aromatic heterocycles. The first kappa shape index (κ1) is 16.7. The molecule has 7 heteroatoms. The predicted molar refractivity (Wildman–Crippen MR) is 72.4 cm³/mol. The highest BCUT2D eigenvalue weighted by Crippen LogP contribution is 2.36. The zero-order valence-corrected chi connectivity index (χ0v) is 12.0. The molecule has 0 fully saturated rings. The molecule has 0 radical (unpaired) electrons. The Balaban J connectivity index is 2.90. The maximum atomic E-state index is 12.5. The third kappa shape index (κ3) is 4.33. The number of anilines is 1. The number of esters is 1. The number of nitrogens with two attached hydrogens (primary N) is 1. The van der Waals surface area contributed by atoms with Gasteiger partial charge in [0.05, 0.1) is 12.2 Å². The second-order valence-electron chi connectivity index (χ2n) is 4.02. The fourth-order valence-corrected chi connectivity index (χ4v) is 2.50. The van der Waals surface area contributed by atoms with Crippen molar-refractivity contribution >= 4 is 23.4 Å². The molecule has 1 atom stereocenters. The Morgan fingerprint density at radius 1 is 1.40 bits per heavy atom. The second kappa shape index (κ2) is 6.88. The summed E-state index contributed by atoms with van der Waals surface area (Å²) >= 11 is 1.12. The van der Waals surface area contributed by atoms with Crippen molar-refractivity contribution < 1.29 is 22.7 Å². The largest absolute Gasteiger partial charge is 0.465 e. The SMILES string of the molecule is CCOC(=O)C(CC)Sc1ccc(C(F)(F)F)cc1N. The van der Waals surface area contributed by atoms with Gasteiger partial charge in [-0.25, -0.2) is 0 Å². The highest BCUT2D eigenvalue weighted by molar-refractivity contribution is 8.00. The van der Waals surface area contributed by atoms with Gasteiger partial charge in [-0.1, -0.05) is 6.92 Å². The van der Waals surface area contributed by atoms with Crippen LogP contribution in [0.25, 0.3) is 0 Å². The Kier molecular flexibility index (Phi) is 5.74. The van der Waals surface area contributed by atoms with Gasteiger partial charge in [0.1, 0.15) is 5.25 Å². The van der Waals surface area contributed by atoms with E-state index in [9.17, 15) is 18.0 Å². The molecule has 0 aliphatic rings. The number of ether oxygens (including phenoxy) is 1. The molecule has 112 valence electrons. The minimum absolute atomic E-state index is 0.00701. The second-order valence-corrected chi connectivity index (χ2v) is 5.26. The van der Waals surface area contributed by atoms with Gasteiger partial charge >= 0.3 is 12.1 Å². The number of hydrogen-bond donors (Lipinski definition) is 1. The van der Waals surface area contributed by atoms with Gasteiger partial charge in [-0.2, -0.15) is 13.2 Å². The lowest BCUT2D eigenvalue weighted by Gasteiger charge is -2.15. The first-order valence-electron chi connectivity index (χ1n) is 6.09. The molecular weight excluding hydrogens is 291 g/mol. The number of benzene rings is 1. The molecule has 0 bridgehead atoms. The van der Waals surface area contributed by atoms with Crippen LogP contribution in [0.15, 0.2) is 23.1 Å². The average Bonchev–Trinajstić information content (AvgIpc) is 2.36. The van der Waals surface area contributed by atoms with Crippen LogP contribution in [0.2, 0.25) is 0 Å². The van der Waals surface area contributed by atoms with Crippen LogP contribution in [-0.4, -0.2) is 17.8 Å². The fourth-order valence-electron chi connectivity index (χ4n) is 1.52. The zero-order chi connectivity index (χ0) is 15.3. The number of thioether (sulfide) groups is 1. The first-order chi connectivity index (χ1) is 9.29. The Morgan fingerprint density at radius 3 is 2.50 bits per heavy atom. The lowest BCUT2D eigenvalue weighted by molar-refractivity contribution is -0.142. The third-order valence-corrected chi connectivity index (χ3v) is 3.96. The summed E-state index contributed by atoms with van der Waals surface area (Å²) in [4.78, 5) is 12.1. The summed E-state index contributed by atoms with van der Waals surface area (Å²) in [7, 11) is 0. The van der Waals surface area contributed by atoms with E-state index in [1.54, 1.807) is 13.8 Å². The molecule has 1 unspecified atom stereocenters. The van der Waals surface area contributed by atoms with E-state index in [1.165, 1.54) is 6.07 Å². The molecule has 2 N–H and O–H groups in total. The molecule has 0 saturated heterocycles. The number of hydrogen-bond acceptors (Lipinski definition) is 4. The van der Waals surface area contributed by atoms with E-state index in [-0.39, 0.29) is 18.3 Å². The predicted octanol–water partition coefficient (Wildman–Crippen LogP) is 3.72. The first-order valence-corrected chi connectivity index (χ1v) is 6.97. The van der Waals surface area contributed by atoms with Gasteiger partial charge in [0.2, 0.25) is 0 Å². The maximum Gasteiger partial charge on any atom is 0.416 e. The zero-order valence-electron chi connectivity index (χ0n) is 11.2. The van der Waals surface area contributed by atoms with Crippen molar-refractivity contribution in [2.24, 2.45) is 0 Å². The van der Waals surface area contributed by atoms with Gasteiger partial charge in [-0.15, -0.1) is 11.8 Å². The minimum atomic E-state index is -4.43. The van der Waals surface area contributed by atoms with Gasteiger partial charge in [-0.05, 0) is 31.5 Å². The standard InChI is InChI=1S/C13H16F3NO2S/c1-3-10(12(18)19-4-2)20-11-6-5-8(7-9(11)17)13(14,15)16/h5-7,10H,3-4,17H2,1-2H3. The van der Waals surface area contributed by atoms with Crippen molar-refractivity contribution in [2.45, 2.75) is 36.6 Å². The lowest BCUT2D eigenvalue weighted by Crippen LogP contribution is -2.19. The molecule has 0 saturated carbocycles. The molecule has 3 nitrogen and oxygen atoms in total. The van der Waals surface area contributed by atoms with Crippen LogP contribution >= 0.6 is 11.8 Å². The molecule has 1 aromatic carbocycles. The summed E-state index contributed by atoms with van der Waals surface area (Å²) in [6.45, 7) is 3.76. The van der Waals surface area contributed by atoms with Crippen molar-refractivity contribution in [3.8, 4) is 0 Å². The van der Waals surface area contributed by atoms with Crippen LogP contribution in [0.3, 0.4) is 0 Å². The van der Waals surface area contributed by atoms with Crippen molar-refractivity contribution in [3.05, 3.63) is 23.8 Å². The van der Waals surface area contributed by atoms with Crippen molar-refractivity contribution in [3.63, 3.8) is 0 Å². The summed E-state index contributed by atoms with van der Waals surface area (Å²) in [6, 6.07) is 3.11. The van der Waals surface area contributed by atoms with Gasteiger partial charge in [0.25, 0.3) is 0 Å². The van der Waals surface area contributed by atoms with E-state index in [2.05, 4.69) is 0 Å². The van der Waals surface area contributed by atoms with Crippen molar-refractivity contribution in [1.29, 1.82) is 0 Å². The van der Waals surface area contributed by atoms with E-state index < -0.39 is 17.0 Å². The van der Waals surface area contributed by atoms with E-state index >= 15 is 0 Å². The fraction of sp³-hybridized carbons (Fsp3) is 0.462. The summed E-state index contributed by atoms with van der Waals surface area (Å²) in [6.07, 6.45) is -3.92. The lowest BCUT2D eigenvalue weighted by atomic mass is 10.2. The monoisotopic (exact) mass is 307 g/mol. The number of nitrogen functional groups attached to an aromatic ring is 1. The Labute approximate surface area is 119 Å². The van der Waals surface area contributed by atoms with E-state index in [4.69, 9.17) is 10.5 Å². The van der Waals surface area contributed by atoms with Crippen LogP contribution in [-0.2, 0) is 15.7 Å². The van der Waals surface area contributed by atoms with Crippen LogP contribution in [0.4, 0.5) is 18.9 Å². The summed E-state index contributed by atoms with van der Waals surface area (Å²) < 4.78 is 42.5. The van der Waals surface area contributed by atoms with Gasteiger partial charge in [-0.3, -0.25) is 4.79 Å². The molecule has 0 spiro atoms. The van der Waals surface area contributed by atoms with Crippen LogP contribution < -0.4 is 5.73 Å². The summed E-state index contributed by atoms with van der Waals surface area (Å²) in [5.41, 5.74) is 4.83. The molecule has 1 rings (SSSR count). The van der Waals surface area contributed by atoms with Gasteiger partial charge in [0, 0.05) is 10.6 Å². The molecule has 20 heavy (non-hydrogen) atoms. The van der Waals surface area contributed by atoms with Crippen LogP contribution in [0, 0.1) is 0 Å². The molecule has 0 heterocycles. The quantitative estimate of drug-likeness (QED) is 0.512. The van der Waals surface area contributed by atoms with Crippen molar-refractivity contribution in [2.75, 3.05) is 12.3 Å². The Hall–Kier alpha value is -1.37. The van der Waals surface area contributed by atoms with E-state index in [1.807, 2.05) is 0 Å². The van der Waals surface area contributed by atoms with Crippen molar-refractivity contribution in [1.82, 2.24) is 0 Å². The Morgan fingerprint density at radius 2 is 2.05 bits per heavy atom. The normalized spacial score (nSPS) is 13.1. The highest BCUT2D eigenvalue weighted by Gasteiger charge is 2.31. The topological polar surface area (TPSA) is 52.3 Å². The smallest absolute Gasteiger partial charge is 0.416 e. The molecule has 1 aromatic rings. The highest BCUT2D eigenvalue weighted by atomic mass is 32.2.